The van der Waals surface area contributed by atoms with Crippen molar-refractivity contribution in [2.45, 2.75) is 13.0 Å². The zero-order valence-electron chi connectivity index (χ0n) is 14.9. The highest BCUT2D eigenvalue weighted by atomic mass is 15.4. The van der Waals surface area contributed by atoms with Crippen LogP contribution in [0.3, 0.4) is 0 Å². The number of aromatic nitrogens is 2. The van der Waals surface area contributed by atoms with Gasteiger partial charge in [-0.05, 0) is 29.7 Å². The lowest BCUT2D eigenvalue weighted by Crippen LogP contribution is -2.38. The minimum absolute atomic E-state index is 0.747. The quantitative estimate of drug-likeness (QED) is 0.429. The highest BCUT2D eigenvalue weighted by molar-refractivity contribution is 5.84. The normalized spacial score (nSPS) is 14.4. The molecular weight excluding hydrogens is 324 g/mol. The summed E-state index contributed by atoms with van der Waals surface area (Å²) in [6.45, 7) is 2.64. The molecule has 0 aliphatic carbocycles. The Labute approximate surface area is 152 Å². The largest absolute Gasteiger partial charge is 0.355 e. The van der Waals surface area contributed by atoms with Crippen molar-refractivity contribution in [2.75, 3.05) is 13.1 Å². The molecule has 1 aliphatic rings. The van der Waals surface area contributed by atoms with Crippen molar-refractivity contribution in [3.63, 3.8) is 0 Å². The first-order valence-electron chi connectivity index (χ1n) is 8.89. The van der Waals surface area contributed by atoms with Gasteiger partial charge < -0.3 is 5.32 Å². The van der Waals surface area contributed by atoms with Crippen LogP contribution in [0.4, 0.5) is 0 Å². The molecule has 132 valence electrons. The average Bonchev–Trinajstić information content (AvgIpc) is 3.00. The molecule has 0 bridgehead atoms. The number of guanidine groups is 1. The van der Waals surface area contributed by atoms with E-state index in [9.17, 15) is 0 Å². The second-order valence-corrected chi connectivity index (χ2v) is 6.47. The zero-order chi connectivity index (χ0) is 17.8. The number of aryl methyl sites for hydroxylation is 1. The molecule has 1 aromatic heterocycles. The van der Waals surface area contributed by atoms with E-state index in [-0.39, 0.29) is 0 Å². The standard InChI is InChI=1S/C20H23N6/c1-25-15-26(19-6-3-2-5-18(19)25)14-17-9-7-16(8-10-17)13-23-24-20-21-11-4-12-22-20/h2-3,5-10,13,15H,4,11-12,14H2,1H3,(H2,21,22,24)/q+1/b23-13-. The highest BCUT2D eigenvalue weighted by Gasteiger charge is 2.12. The van der Waals surface area contributed by atoms with Gasteiger partial charge in [0.1, 0.15) is 6.54 Å². The third-order valence-electron chi connectivity index (χ3n) is 4.50. The Hall–Kier alpha value is -3.15. The second kappa shape index (κ2) is 7.39. The predicted molar refractivity (Wildman–Crippen MR) is 104 cm³/mol. The van der Waals surface area contributed by atoms with E-state index in [0.29, 0.717) is 0 Å². The summed E-state index contributed by atoms with van der Waals surface area (Å²) in [5, 5.41) is 7.43. The van der Waals surface area contributed by atoms with E-state index in [2.05, 4.69) is 91.9 Å². The van der Waals surface area contributed by atoms with Crippen LogP contribution >= 0.6 is 0 Å². The molecule has 0 saturated heterocycles. The summed E-state index contributed by atoms with van der Waals surface area (Å²) in [6, 6.07) is 16.9. The molecule has 0 amide bonds. The molecule has 0 spiro atoms. The molecular formula is C20H23N6+. The number of nitrogens with zero attached hydrogens (tertiary/aromatic N) is 4. The first kappa shape index (κ1) is 16.3. The number of fused-ring (bicyclic) bond motifs is 1. The van der Waals surface area contributed by atoms with Crippen LogP contribution in [-0.4, -0.2) is 29.8 Å². The maximum Gasteiger partial charge on any atom is 0.244 e. The second-order valence-electron chi connectivity index (χ2n) is 6.47. The summed E-state index contributed by atoms with van der Waals surface area (Å²) >= 11 is 0. The number of aliphatic imine (C=N–C) groups is 1. The molecule has 4 rings (SSSR count). The maximum atomic E-state index is 4.32. The molecule has 2 aromatic carbocycles. The minimum atomic E-state index is 0.747. The van der Waals surface area contributed by atoms with Crippen LogP contribution in [0.5, 0.6) is 0 Å². The Morgan fingerprint density at radius 3 is 2.88 bits per heavy atom. The van der Waals surface area contributed by atoms with E-state index >= 15 is 0 Å². The van der Waals surface area contributed by atoms with Crippen molar-refractivity contribution in [2.24, 2.45) is 17.1 Å². The van der Waals surface area contributed by atoms with E-state index in [4.69, 9.17) is 0 Å². The summed E-state index contributed by atoms with van der Waals surface area (Å²) < 4.78 is 4.43. The van der Waals surface area contributed by atoms with Crippen LogP contribution in [0.1, 0.15) is 17.5 Å². The lowest BCUT2D eigenvalue weighted by Gasteiger charge is -2.12. The highest BCUT2D eigenvalue weighted by Crippen LogP contribution is 2.13. The van der Waals surface area contributed by atoms with Gasteiger partial charge >= 0.3 is 0 Å². The number of rotatable bonds is 4. The van der Waals surface area contributed by atoms with Crippen LogP contribution in [0.25, 0.3) is 11.0 Å². The number of para-hydroxylation sites is 2. The Bertz CT molecular complexity index is 952. The van der Waals surface area contributed by atoms with Crippen LogP contribution in [-0.2, 0) is 13.6 Å². The van der Waals surface area contributed by atoms with Gasteiger partial charge in [-0.15, -0.1) is 0 Å². The number of hydrazone groups is 1. The fraction of sp³-hybridized carbons (Fsp3) is 0.250. The molecule has 26 heavy (non-hydrogen) atoms. The number of hydrogen-bond donors (Lipinski definition) is 2. The van der Waals surface area contributed by atoms with Crippen LogP contribution in [0.2, 0.25) is 0 Å². The molecule has 6 nitrogen and oxygen atoms in total. The van der Waals surface area contributed by atoms with E-state index in [1.54, 1.807) is 0 Å². The average molecular weight is 347 g/mol. The molecule has 1 aliphatic heterocycles. The topological polar surface area (TPSA) is 57.6 Å². The Morgan fingerprint density at radius 1 is 1.23 bits per heavy atom. The smallest absolute Gasteiger partial charge is 0.244 e. The van der Waals surface area contributed by atoms with Crippen LogP contribution < -0.4 is 15.3 Å². The van der Waals surface area contributed by atoms with Gasteiger partial charge in [0.15, 0.2) is 11.0 Å². The lowest BCUT2D eigenvalue weighted by molar-refractivity contribution is -0.645. The van der Waals surface area contributed by atoms with Gasteiger partial charge in [-0.2, -0.15) is 5.10 Å². The summed E-state index contributed by atoms with van der Waals surface area (Å²) in [6.07, 6.45) is 5.03. The van der Waals surface area contributed by atoms with Gasteiger partial charge in [-0.1, -0.05) is 36.4 Å². The molecule has 0 unspecified atom stereocenters. The van der Waals surface area contributed by atoms with Crippen molar-refractivity contribution in [1.82, 2.24) is 15.3 Å². The first-order chi connectivity index (χ1) is 12.8. The van der Waals surface area contributed by atoms with Gasteiger partial charge in [-0.3, -0.25) is 4.99 Å². The minimum Gasteiger partial charge on any atom is -0.355 e. The molecule has 2 N–H and O–H groups in total. The van der Waals surface area contributed by atoms with Crippen molar-refractivity contribution in [1.29, 1.82) is 0 Å². The van der Waals surface area contributed by atoms with E-state index in [0.717, 1.165) is 37.6 Å². The molecule has 0 fully saturated rings. The van der Waals surface area contributed by atoms with Gasteiger partial charge in [-0.25, -0.2) is 14.6 Å². The monoisotopic (exact) mass is 347 g/mol. The van der Waals surface area contributed by atoms with E-state index in [1.807, 2.05) is 6.21 Å². The third-order valence-corrected chi connectivity index (χ3v) is 4.50. The van der Waals surface area contributed by atoms with Crippen molar-refractivity contribution in [3.8, 4) is 0 Å². The van der Waals surface area contributed by atoms with Gasteiger partial charge in [0, 0.05) is 13.1 Å². The Kier molecular flexibility index (Phi) is 4.64. The van der Waals surface area contributed by atoms with Gasteiger partial charge in [0.25, 0.3) is 0 Å². The van der Waals surface area contributed by atoms with Gasteiger partial charge in [0.05, 0.1) is 13.3 Å². The third kappa shape index (κ3) is 3.59. The van der Waals surface area contributed by atoms with Crippen LogP contribution in [0.15, 0.2) is 65.0 Å². The number of hydrogen-bond acceptors (Lipinski definition) is 4. The van der Waals surface area contributed by atoms with Gasteiger partial charge in [0.2, 0.25) is 12.3 Å². The number of benzene rings is 2. The Morgan fingerprint density at radius 2 is 2.08 bits per heavy atom. The molecule has 2 heterocycles. The summed E-state index contributed by atoms with van der Waals surface area (Å²) in [7, 11) is 2.08. The molecule has 0 radical (unpaired) electrons. The van der Waals surface area contributed by atoms with Crippen LogP contribution in [0, 0.1) is 0 Å². The fourth-order valence-corrected chi connectivity index (χ4v) is 3.15. The molecule has 0 saturated carbocycles. The SMILES string of the molecule is C[n+]1cn(Cc2ccc(/C=N\NC3=NCCCN3)cc2)c2ccccc21. The first-order valence-corrected chi connectivity index (χ1v) is 8.89. The maximum absolute atomic E-state index is 4.32. The van der Waals surface area contributed by atoms with Crippen molar-refractivity contribution in [3.05, 3.63) is 66.0 Å². The Balaban J connectivity index is 1.43. The molecule has 3 aromatic rings. The van der Waals surface area contributed by atoms with E-state index < -0.39 is 0 Å². The number of nitrogens with one attached hydrogen (secondary N) is 2. The molecule has 0 atom stereocenters. The van der Waals surface area contributed by atoms with Crippen molar-refractivity contribution < 1.29 is 4.57 Å². The summed E-state index contributed by atoms with van der Waals surface area (Å²) in [5.74, 6) is 0.747. The fourth-order valence-electron chi connectivity index (χ4n) is 3.15. The molecule has 6 heteroatoms. The zero-order valence-corrected chi connectivity index (χ0v) is 14.9. The van der Waals surface area contributed by atoms with E-state index in [1.165, 1.54) is 16.6 Å². The summed E-state index contributed by atoms with van der Waals surface area (Å²) in [5.41, 5.74) is 7.74. The lowest BCUT2D eigenvalue weighted by atomic mass is 10.1. The van der Waals surface area contributed by atoms with Crippen molar-refractivity contribution >= 4 is 23.2 Å². The predicted octanol–water partition coefficient (Wildman–Crippen LogP) is 1.79. The number of imidazole rings is 1. The summed E-state index contributed by atoms with van der Waals surface area (Å²) in [4.78, 5) is 4.32.